The molecule has 2 rings (SSSR count). The summed E-state index contributed by atoms with van der Waals surface area (Å²) >= 11 is 2.11. The zero-order valence-electron chi connectivity index (χ0n) is 9.45. The zero-order valence-corrected chi connectivity index (χ0v) is 11.6. The smallest absolute Gasteiger partial charge is 0.330 e. The molecule has 0 saturated carbocycles. The summed E-state index contributed by atoms with van der Waals surface area (Å²) in [5.41, 5.74) is 5.12. The molecule has 1 aromatic heterocycles. The van der Waals surface area contributed by atoms with Crippen LogP contribution in [0, 0.1) is 3.57 Å². The van der Waals surface area contributed by atoms with E-state index in [-0.39, 0.29) is 6.54 Å². The summed E-state index contributed by atoms with van der Waals surface area (Å²) in [6.07, 6.45) is 3.42. The lowest BCUT2D eigenvalue weighted by Crippen LogP contribution is -2.48. The van der Waals surface area contributed by atoms with Gasteiger partial charge in [0.2, 0.25) is 0 Å². The van der Waals surface area contributed by atoms with Crippen molar-refractivity contribution in [3.8, 4) is 0 Å². The Bertz CT molecular complexity index is 555. The number of hydrogen-bond donors (Lipinski definition) is 2. The van der Waals surface area contributed by atoms with E-state index in [1.54, 1.807) is 41.3 Å². The molecule has 2 aromatic rings. The van der Waals surface area contributed by atoms with Crippen LogP contribution in [-0.4, -0.2) is 20.9 Å². The lowest BCUT2D eigenvalue weighted by molar-refractivity contribution is -0.144. The summed E-state index contributed by atoms with van der Waals surface area (Å²) in [6, 6.07) is 8.78. The molecule has 5 nitrogen and oxygen atoms in total. The maximum Gasteiger partial charge on any atom is 0.330 e. The van der Waals surface area contributed by atoms with Gasteiger partial charge < -0.3 is 10.8 Å². The highest BCUT2D eigenvalue weighted by atomic mass is 127. The number of carbonyl (C=O) groups is 1. The van der Waals surface area contributed by atoms with E-state index >= 15 is 0 Å². The van der Waals surface area contributed by atoms with Crippen LogP contribution in [0.25, 0.3) is 0 Å². The topological polar surface area (TPSA) is 81.1 Å². The number of benzene rings is 1. The van der Waals surface area contributed by atoms with Gasteiger partial charge in [0.15, 0.2) is 5.54 Å². The quantitative estimate of drug-likeness (QED) is 0.812. The van der Waals surface area contributed by atoms with Gasteiger partial charge in [-0.2, -0.15) is 5.10 Å². The monoisotopic (exact) mass is 357 g/mol. The van der Waals surface area contributed by atoms with Gasteiger partial charge in [-0.3, -0.25) is 4.68 Å². The third-order valence-electron chi connectivity index (χ3n) is 2.68. The molecule has 0 fully saturated rings. The number of carboxylic acid groups (broad SMARTS) is 1. The van der Waals surface area contributed by atoms with Gasteiger partial charge in [-0.25, -0.2) is 4.79 Å². The molecule has 0 aliphatic carbocycles. The summed E-state index contributed by atoms with van der Waals surface area (Å²) in [4.78, 5) is 11.5. The van der Waals surface area contributed by atoms with E-state index in [0.29, 0.717) is 5.56 Å². The predicted molar refractivity (Wildman–Crippen MR) is 74.9 cm³/mol. The number of hydrogen-bond acceptors (Lipinski definition) is 3. The maximum absolute atomic E-state index is 11.5. The highest BCUT2D eigenvalue weighted by Gasteiger charge is 2.36. The van der Waals surface area contributed by atoms with Crippen molar-refractivity contribution in [2.75, 3.05) is 0 Å². The van der Waals surface area contributed by atoms with Gasteiger partial charge in [0, 0.05) is 6.20 Å². The van der Waals surface area contributed by atoms with Crippen molar-refractivity contribution in [1.29, 1.82) is 0 Å². The van der Waals surface area contributed by atoms with Crippen LogP contribution >= 0.6 is 22.6 Å². The molecule has 0 saturated heterocycles. The summed E-state index contributed by atoms with van der Waals surface area (Å²) in [7, 11) is 0. The van der Waals surface area contributed by atoms with Crippen molar-refractivity contribution in [3.63, 3.8) is 0 Å². The first-order valence-corrected chi connectivity index (χ1v) is 6.36. The van der Waals surface area contributed by atoms with Gasteiger partial charge in [-0.05, 0) is 28.2 Å². The van der Waals surface area contributed by atoms with E-state index in [9.17, 15) is 9.90 Å². The molecule has 1 heterocycles. The second-order valence-electron chi connectivity index (χ2n) is 4.00. The third kappa shape index (κ3) is 2.54. The minimum Gasteiger partial charge on any atom is -0.480 e. The average molecular weight is 357 g/mol. The standard InChI is InChI=1S/C12H12IN3O2/c13-10-6-15-16(7-10)8-12(14,11(17)18)9-4-2-1-3-5-9/h1-7H,8,14H2,(H,17,18). The number of aromatic nitrogens is 2. The van der Waals surface area contributed by atoms with Crippen LogP contribution in [0.1, 0.15) is 5.56 Å². The van der Waals surface area contributed by atoms with Crippen LogP contribution in [0.4, 0.5) is 0 Å². The second kappa shape index (κ2) is 5.07. The molecule has 18 heavy (non-hydrogen) atoms. The van der Waals surface area contributed by atoms with E-state index < -0.39 is 11.5 Å². The van der Waals surface area contributed by atoms with Crippen LogP contribution in [0.3, 0.4) is 0 Å². The van der Waals surface area contributed by atoms with Gasteiger partial charge in [0.05, 0.1) is 16.3 Å². The van der Waals surface area contributed by atoms with Crippen LogP contribution in [-0.2, 0) is 16.9 Å². The van der Waals surface area contributed by atoms with Crippen molar-refractivity contribution < 1.29 is 9.90 Å². The molecule has 1 atom stereocenters. The Kier molecular flexibility index (Phi) is 3.67. The summed E-state index contributed by atoms with van der Waals surface area (Å²) in [6.45, 7) is 0.0926. The molecule has 1 unspecified atom stereocenters. The fraction of sp³-hybridized carbons (Fsp3) is 0.167. The van der Waals surface area contributed by atoms with Crippen molar-refractivity contribution in [2.45, 2.75) is 12.1 Å². The molecule has 6 heteroatoms. The highest BCUT2D eigenvalue weighted by molar-refractivity contribution is 14.1. The molecule has 94 valence electrons. The Balaban J connectivity index is 2.36. The van der Waals surface area contributed by atoms with Gasteiger partial charge in [-0.15, -0.1) is 0 Å². The van der Waals surface area contributed by atoms with Crippen LogP contribution < -0.4 is 5.73 Å². The van der Waals surface area contributed by atoms with Crippen molar-refractivity contribution in [2.24, 2.45) is 5.73 Å². The number of carboxylic acids is 1. The second-order valence-corrected chi connectivity index (χ2v) is 5.24. The molecule has 0 amide bonds. The predicted octanol–water partition coefficient (Wildman–Crippen LogP) is 1.43. The van der Waals surface area contributed by atoms with E-state index in [4.69, 9.17) is 5.73 Å². The average Bonchev–Trinajstić information content (AvgIpc) is 2.75. The fourth-order valence-corrected chi connectivity index (χ4v) is 2.14. The molecule has 0 aliphatic rings. The summed E-state index contributed by atoms with van der Waals surface area (Å²) in [5.74, 6) is -1.07. The number of aliphatic carboxylic acids is 1. The number of halogens is 1. The molecular formula is C12H12IN3O2. The van der Waals surface area contributed by atoms with E-state index in [1.807, 2.05) is 6.07 Å². The Hall–Kier alpha value is -1.41. The normalized spacial score (nSPS) is 14.1. The largest absolute Gasteiger partial charge is 0.480 e. The van der Waals surface area contributed by atoms with Gasteiger partial charge in [-0.1, -0.05) is 30.3 Å². The Morgan fingerprint density at radius 1 is 1.44 bits per heavy atom. The molecule has 1 aromatic carbocycles. The zero-order chi connectivity index (χ0) is 13.2. The lowest BCUT2D eigenvalue weighted by atomic mass is 9.91. The van der Waals surface area contributed by atoms with Crippen molar-refractivity contribution >= 4 is 28.6 Å². The van der Waals surface area contributed by atoms with Crippen LogP contribution in [0.2, 0.25) is 0 Å². The first-order chi connectivity index (χ1) is 8.52. The number of nitrogens with zero attached hydrogens (tertiary/aromatic N) is 2. The van der Waals surface area contributed by atoms with Crippen LogP contribution in [0.5, 0.6) is 0 Å². The Morgan fingerprint density at radius 2 is 2.11 bits per heavy atom. The molecule has 0 spiro atoms. The molecular weight excluding hydrogens is 345 g/mol. The Labute approximate surface area is 118 Å². The number of rotatable bonds is 4. The SMILES string of the molecule is NC(Cn1cc(I)cn1)(C(=O)O)c1ccccc1. The fourth-order valence-electron chi connectivity index (χ4n) is 1.70. The molecule has 0 radical (unpaired) electrons. The molecule has 0 aliphatic heterocycles. The minimum absolute atomic E-state index is 0.0926. The van der Waals surface area contributed by atoms with Crippen molar-refractivity contribution in [1.82, 2.24) is 9.78 Å². The van der Waals surface area contributed by atoms with Crippen molar-refractivity contribution in [3.05, 3.63) is 51.9 Å². The van der Waals surface area contributed by atoms with Gasteiger partial charge in [0.1, 0.15) is 0 Å². The third-order valence-corrected chi connectivity index (χ3v) is 3.24. The molecule has 0 bridgehead atoms. The number of nitrogens with two attached hydrogens (primary N) is 1. The summed E-state index contributed by atoms with van der Waals surface area (Å²) in [5, 5.41) is 13.5. The first-order valence-electron chi connectivity index (χ1n) is 5.28. The van der Waals surface area contributed by atoms with Gasteiger partial charge in [0.25, 0.3) is 0 Å². The minimum atomic E-state index is -1.48. The Morgan fingerprint density at radius 3 is 2.61 bits per heavy atom. The van der Waals surface area contributed by atoms with E-state index in [1.165, 1.54) is 0 Å². The molecule has 3 N–H and O–H groups in total. The summed E-state index contributed by atoms with van der Waals surface area (Å²) < 4.78 is 2.48. The van der Waals surface area contributed by atoms with E-state index in [0.717, 1.165) is 3.57 Å². The van der Waals surface area contributed by atoms with E-state index in [2.05, 4.69) is 27.7 Å². The first kappa shape index (κ1) is 13.0. The van der Waals surface area contributed by atoms with Gasteiger partial charge >= 0.3 is 5.97 Å². The van der Waals surface area contributed by atoms with Crippen LogP contribution in [0.15, 0.2) is 42.7 Å². The maximum atomic E-state index is 11.5. The highest BCUT2D eigenvalue weighted by Crippen LogP contribution is 2.21. The lowest BCUT2D eigenvalue weighted by Gasteiger charge is -2.25.